The SMILES string of the molecule is CC.CCS(=O)NC(C)(C)CC. The first kappa shape index (κ1) is 14.6. The normalized spacial score (nSPS) is 13.2. The van der Waals surface area contributed by atoms with E-state index in [0.29, 0.717) is 5.75 Å². The minimum Gasteiger partial charge on any atom is -0.243 e. The van der Waals surface area contributed by atoms with Gasteiger partial charge in [0.25, 0.3) is 0 Å². The molecule has 0 aliphatic carbocycles. The molecule has 0 aromatic carbocycles. The van der Waals surface area contributed by atoms with Crippen LogP contribution in [0.15, 0.2) is 0 Å². The Morgan fingerprint density at radius 3 is 1.92 bits per heavy atom. The quantitative estimate of drug-likeness (QED) is 0.730. The fourth-order valence-corrected chi connectivity index (χ4v) is 1.36. The van der Waals surface area contributed by atoms with Gasteiger partial charge in [0.05, 0.1) is 11.0 Å². The molecule has 2 nitrogen and oxygen atoms in total. The molecular weight excluding hydrogens is 170 g/mol. The van der Waals surface area contributed by atoms with Crippen molar-refractivity contribution >= 4 is 11.0 Å². The summed E-state index contributed by atoms with van der Waals surface area (Å²) in [7, 11) is -0.846. The Morgan fingerprint density at radius 2 is 1.67 bits per heavy atom. The van der Waals surface area contributed by atoms with Crippen LogP contribution in [0.1, 0.15) is 48.0 Å². The van der Waals surface area contributed by atoms with Gasteiger partial charge in [-0.05, 0) is 20.3 Å². The van der Waals surface area contributed by atoms with Gasteiger partial charge in [-0.2, -0.15) is 0 Å². The lowest BCUT2D eigenvalue weighted by Crippen LogP contribution is -2.40. The summed E-state index contributed by atoms with van der Waals surface area (Å²) in [4.78, 5) is 0. The molecule has 3 heteroatoms. The number of hydrogen-bond donors (Lipinski definition) is 1. The summed E-state index contributed by atoms with van der Waals surface area (Å²) in [6, 6.07) is 0. The van der Waals surface area contributed by atoms with E-state index in [1.165, 1.54) is 0 Å². The third-order valence-corrected chi connectivity index (χ3v) is 2.84. The first-order chi connectivity index (χ1) is 5.52. The first-order valence-electron chi connectivity index (χ1n) is 4.68. The van der Waals surface area contributed by atoms with E-state index >= 15 is 0 Å². The lowest BCUT2D eigenvalue weighted by Gasteiger charge is -2.22. The molecule has 0 amide bonds. The summed E-state index contributed by atoms with van der Waals surface area (Å²) in [6.45, 7) is 12.1. The summed E-state index contributed by atoms with van der Waals surface area (Å²) in [5, 5.41) is 0. The highest BCUT2D eigenvalue weighted by atomic mass is 32.2. The van der Waals surface area contributed by atoms with Gasteiger partial charge in [0, 0.05) is 11.3 Å². The van der Waals surface area contributed by atoms with Crippen LogP contribution >= 0.6 is 0 Å². The van der Waals surface area contributed by atoms with Crippen LogP contribution in [0.3, 0.4) is 0 Å². The average Bonchev–Trinajstić information content (AvgIpc) is 2.07. The van der Waals surface area contributed by atoms with Crippen LogP contribution in [0, 0.1) is 0 Å². The molecule has 0 aromatic heterocycles. The van der Waals surface area contributed by atoms with Crippen molar-refractivity contribution in [3.05, 3.63) is 0 Å². The van der Waals surface area contributed by atoms with Crippen molar-refractivity contribution in [2.45, 2.75) is 53.5 Å². The minimum atomic E-state index is -0.846. The molecule has 0 radical (unpaired) electrons. The fourth-order valence-electron chi connectivity index (χ4n) is 0.453. The second-order valence-electron chi connectivity index (χ2n) is 2.97. The molecule has 1 N–H and O–H groups in total. The Kier molecular flexibility index (Phi) is 9.44. The van der Waals surface area contributed by atoms with Crippen molar-refractivity contribution in [3.63, 3.8) is 0 Å². The standard InChI is InChI=1S/C7H17NOS.C2H6/c1-5-7(3,4)8-10(9)6-2;1-2/h8H,5-6H2,1-4H3;1-2H3. The molecule has 0 aliphatic heterocycles. The van der Waals surface area contributed by atoms with Crippen LogP contribution in [0.25, 0.3) is 0 Å². The number of hydrogen-bond acceptors (Lipinski definition) is 1. The van der Waals surface area contributed by atoms with Gasteiger partial charge in [0.1, 0.15) is 0 Å². The maximum Gasteiger partial charge on any atom is 0.0917 e. The van der Waals surface area contributed by atoms with Gasteiger partial charge in [-0.15, -0.1) is 0 Å². The summed E-state index contributed by atoms with van der Waals surface area (Å²) in [5.74, 6) is 0.684. The van der Waals surface area contributed by atoms with Gasteiger partial charge in [-0.25, -0.2) is 8.93 Å². The zero-order valence-electron chi connectivity index (χ0n) is 9.23. The predicted octanol–water partition coefficient (Wildman–Crippen LogP) is 2.47. The summed E-state index contributed by atoms with van der Waals surface area (Å²) in [6.07, 6.45) is 0.999. The molecule has 0 spiro atoms. The number of nitrogens with one attached hydrogen (secondary N) is 1. The summed E-state index contributed by atoms with van der Waals surface area (Å²) < 4.78 is 14.0. The topological polar surface area (TPSA) is 29.1 Å². The fraction of sp³-hybridized carbons (Fsp3) is 1.00. The second kappa shape index (κ2) is 7.74. The summed E-state index contributed by atoms with van der Waals surface area (Å²) >= 11 is 0. The smallest absolute Gasteiger partial charge is 0.0917 e. The van der Waals surface area contributed by atoms with E-state index in [4.69, 9.17) is 0 Å². The van der Waals surface area contributed by atoms with Gasteiger partial charge in [0.2, 0.25) is 0 Å². The van der Waals surface area contributed by atoms with Crippen LogP contribution in [-0.2, 0) is 11.0 Å². The number of rotatable bonds is 4. The van der Waals surface area contributed by atoms with Crippen LogP contribution in [-0.4, -0.2) is 15.5 Å². The van der Waals surface area contributed by atoms with Gasteiger partial charge >= 0.3 is 0 Å². The van der Waals surface area contributed by atoms with Crippen molar-refractivity contribution < 1.29 is 4.21 Å². The zero-order chi connectivity index (χ0) is 10.2. The third kappa shape index (κ3) is 8.21. The lowest BCUT2D eigenvalue weighted by atomic mass is 10.0. The molecule has 0 fully saturated rings. The largest absolute Gasteiger partial charge is 0.243 e. The Morgan fingerprint density at radius 1 is 1.25 bits per heavy atom. The molecule has 0 saturated carbocycles. The molecule has 0 saturated heterocycles. The molecule has 0 aromatic rings. The maximum absolute atomic E-state index is 11.0. The molecule has 0 heterocycles. The predicted molar refractivity (Wildman–Crippen MR) is 57.5 cm³/mol. The molecule has 1 atom stereocenters. The Hall–Kier alpha value is 0.110. The van der Waals surface area contributed by atoms with Crippen molar-refractivity contribution in [3.8, 4) is 0 Å². The molecule has 76 valence electrons. The van der Waals surface area contributed by atoms with E-state index in [2.05, 4.69) is 25.5 Å². The van der Waals surface area contributed by atoms with E-state index in [-0.39, 0.29) is 5.54 Å². The van der Waals surface area contributed by atoms with Crippen LogP contribution in [0.5, 0.6) is 0 Å². The van der Waals surface area contributed by atoms with Crippen molar-refractivity contribution in [1.82, 2.24) is 4.72 Å². The molecule has 0 bridgehead atoms. The van der Waals surface area contributed by atoms with Crippen LogP contribution < -0.4 is 4.72 Å². The highest BCUT2D eigenvalue weighted by Gasteiger charge is 2.15. The molecular formula is C9H23NOS. The molecule has 1 unspecified atom stereocenters. The highest BCUT2D eigenvalue weighted by molar-refractivity contribution is 7.83. The van der Waals surface area contributed by atoms with E-state index in [1.807, 2.05) is 20.8 Å². The third-order valence-electron chi connectivity index (χ3n) is 1.54. The van der Waals surface area contributed by atoms with Crippen molar-refractivity contribution in [2.75, 3.05) is 5.75 Å². The monoisotopic (exact) mass is 193 g/mol. The van der Waals surface area contributed by atoms with Crippen molar-refractivity contribution in [2.24, 2.45) is 0 Å². The minimum absolute atomic E-state index is 0.0148. The lowest BCUT2D eigenvalue weighted by molar-refractivity contribution is 0.455. The van der Waals surface area contributed by atoms with E-state index in [9.17, 15) is 4.21 Å². The second-order valence-corrected chi connectivity index (χ2v) is 4.45. The van der Waals surface area contributed by atoms with E-state index in [1.54, 1.807) is 0 Å². The van der Waals surface area contributed by atoms with Gasteiger partial charge in [0.15, 0.2) is 0 Å². The molecule has 12 heavy (non-hydrogen) atoms. The average molecular weight is 193 g/mol. The van der Waals surface area contributed by atoms with Crippen LogP contribution in [0.4, 0.5) is 0 Å². The highest BCUT2D eigenvalue weighted by Crippen LogP contribution is 2.06. The van der Waals surface area contributed by atoms with E-state index in [0.717, 1.165) is 6.42 Å². The van der Waals surface area contributed by atoms with Gasteiger partial charge in [-0.1, -0.05) is 27.7 Å². The Bertz CT molecular complexity index is 124. The maximum atomic E-state index is 11.0. The Balaban J connectivity index is 0. The van der Waals surface area contributed by atoms with E-state index < -0.39 is 11.0 Å². The Labute approximate surface area is 79.7 Å². The zero-order valence-corrected chi connectivity index (χ0v) is 10.0. The van der Waals surface area contributed by atoms with Crippen LogP contribution in [0.2, 0.25) is 0 Å². The first-order valence-corrected chi connectivity index (χ1v) is 6.00. The van der Waals surface area contributed by atoms with Crippen molar-refractivity contribution in [1.29, 1.82) is 0 Å². The van der Waals surface area contributed by atoms with Gasteiger partial charge < -0.3 is 0 Å². The molecule has 0 aliphatic rings. The molecule has 0 rings (SSSR count). The summed E-state index contributed by atoms with van der Waals surface area (Å²) in [5.41, 5.74) is 0.0148. The van der Waals surface area contributed by atoms with Gasteiger partial charge in [-0.3, -0.25) is 0 Å².